The average Bonchev–Trinajstić information content (AvgIpc) is 2.10. The van der Waals surface area contributed by atoms with E-state index in [2.05, 4.69) is 0 Å². The minimum Gasteiger partial charge on any atom is -0.462 e. The number of esters is 2. The molecular weight excluding hydrogens is 188 g/mol. The number of hydrogen-bond acceptors (Lipinski definition) is 6. The van der Waals surface area contributed by atoms with Gasteiger partial charge >= 0.3 is 11.9 Å². The van der Waals surface area contributed by atoms with Crippen LogP contribution in [0.25, 0.3) is 0 Å². The van der Waals surface area contributed by atoms with Gasteiger partial charge in [-0.05, 0) is 12.8 Å². The molecule has 0 atom stereocenters. The number of carbonyl (C=O) groups is 2. The third-order valence-corrected chi connectivity index (χ3v) is 1.93. The first kappa shape index (κ1) is 10.9. The minimum atomic E-state index is -1.49. The van der Waals surface area contributed by atoms with Gasteiger partial charge in [-0.15, -0.1) is 0 Å². The summed E-state index contributed by atoms with van der Waals surface area (Å²) in [6.45, 7) is 0.0569. The number of carbonyl (C=O) groups excluding carboxylic acids is 2. The summed E-state index contributed by atoms with van der Waals surface area (Å²) < 4.78 is 9.45. The second kappa shape index (κ2) is 4.39. The molecule has 4 N–H and O–H groups in total. The van der Waals surface area contributed by atoms with E-state index >= 15 is 0 Å². The molecule has 0 aromatic carbocycles. The van der Waals surface area contributed by atoms with Crippen molar-refractivity contribution >= 4 is 11.9 Å². The molecule has 1 fully saturated rings. The molecule has 0 aromatic rings. The predicted octanol–water partition coefficient (Wildman–Crippen LogP) is -1.13. The normalized spacial score (nSPS) is 23.6. The van der Waals surface area contributed by atoms with Crippen molar-refractivity contribution in [3.8, 4) is 0 Å². The Morgan fingerprint density at radius 2 is 1.79 bits per heavy atom. The molecule has 0 spiro atoms. The fraction of sp³-hybridized carbons (Fsp3) is 0.750. The van der Waals surface area contributed by atoms with E-state index in [0.29, 0.717) is 6.42 Å². The second-order valence-corrected chi connectivity index (χ2v) is 3.25. The van der Waals surface area contributed by atoms with E-state index in [1.807, 2.05) is 0 Å². The van der Waals surface area contributed by atoms with Crippen LogP contribution in [-0.2, 0) is 19.1 Å². The van der Waals surface area contributed by atoms with E-state index in [4.69, 9.17) is 20.9 Å². The summed E-state index contributed by atoms with van der Waals surface area (Å²) in [6.07, 6.45) is 0.852. The maximum absolute atomic E-state index is 11.2. The van der Waals surface area contributed by atoms with E-state index in [-0.39, 0.29) is 32.0 Å². The lowest BCUT2D eigenvalue weighted by Gasteiger charge is -2.23. The van der Waals surface area contributed by atoms with E-state index in [0.717, 1.165) is 0 Å². The van der Waals surface area contributed by atoms with Gasteiger partial charge in [-0.25, -0.2) is 4.79 Å². The molecule has 1 rings (SSSR count). The predicted molar refractivity (Wildman–Crippen MR) is 46.9 cm³/mol. The SMILES string of the molecule is NC1(N)CCCC(=O)OCCOC1=O. The lowest BCUT2D eigenvalue weighted by molar-refractivity contribution is -0.158. The van der Waals surface area contributed by atoms with Gasteiger partial charge in [0, 0.05) is 6.42 Å². The molecule has 1 aliphatic rings. The molecule has 0 aromatic heterocycles. The lowest BCUT2D eigenvalue weighted by atomic mass is 10.0. The van der Waals surface area contributed by atoms with Gasteiger partial charge < -0.3 is 20.9 Å². The lowest BCUT2D eigenvalue weighted by Crippen LogP contribution is -2.57. The molecule has 0 unspecified atom stereocenters. The standard InChI is InChI=1S/C8H14N2O4/c9-8(10)3-1-2-6(11)13-4-5-14-7(8)12/h1-5,9-10H2. The molecule has 0 bridgehead atoms. The molecule has 6 heteroatoms. The van der Waals surface area contributed by atoms with Crippen LogP contribution < -0.4 is 11.5 Å². The number of ether oxygens (including phenoxy) is 2. The molecule has 0 radical (unpaired) electrons. The third kappa shape index (κ3) is 2.97. The Morgan fingerprint density at radius 3 is 2.50 bits per heavy atom. The van der Waals surface area contributed by atoms with Crippen LogP contribution in [-0.4, -0.2) is 30.8 Å². The van der Waals surface area contributed by atoms with Gasteiger partial charge in [-0.3, -0.25) is 4.79 Å². The zero-order valence-corrected chi connectivity index (χ0v) is 7.82. The molecule has 1 aliphatic heterocycles. The second-order valence-electron chi connectivity index (χ2n) is 3.25. The molecule has 1 saturated heterocycles. The first-order chi connectivity index (χ1) is 6.52. The van der Waals surface area contributed by atoms with E-state index < -0.39 is 11.6 Å². The van der Waals surface area contributed by atoms with Gasteiger partial charge in [0.2, 0.25) is 0 Å². The first-order valence-corrected chi connectivity index (χ1v) is 4.43. The van der Waals surface area contributed by atoms with Gasteiger partial charge in [0.25, 0.3) is 0 Å². The largest absolute Gasteiger partial charge is 0.462 e. The highest BCUT2D eigenvalue weighted by molar-refractivity contribution is 5.79. The fourth-order valence-corrected chi connectivity index (χ4v) is 1.12. The molecule has 1 heterocycles. The third-order valence-electron chi connectivity index (χ3n) is 1.93. The number of rotatable bonds is 0. The quantitative estimate of drug-likeness (QED) is 0.380. The Labute approximate surface area is 81.5 Å². The van der Waals surface area contributed by atoms with Crippen LogP contribution in [0.5, 0.6) is 0 Å². The maximum atomic E-state index is 11.2. The van der Waals surface area contributed by atoms with Crippen LogP contribution in [0, 0.1) is 0 Å². The van der Waals surface area contributed by atoms with Crippen LogP contribution in [0.2, 0.25) is 0 Å². The van der Waals surface area contributed by atoms with Crippen molar-refractivity contribution in [2.75, 3.05) is 13.2 Å². The van der Waals surface area contributed by atoms with Crippen molar-refractivity contribution in [2.45, 2.75) is 24.9 Å². The highest BCUT2D eigenvalue weighted by Crippen LogP contribution is 2.09. The molecule has 0 saturated carbocycles. The fourth-order valence-electron chi connectivity index (χ4n) is 1.12. The van der Waals surface area contributed by atoms with Crippen molar-refractivity contribution < 1.29 is 19.1 Å². The molecular formula is C8H14N2O4. The van der Waals surface area contributed by atoms with Gasteiger partial charge in [0.05, 0.1) is 0 Å². The van der Waals surface area contributed by atoms with Gasteiger partial charge in [-0.1, -0.05) is 0 Å². The molecule has 14 heavy (non-hydrogen) atoms. The molecule has 6 nitrogen and oxygen atoms in total. The highest BCUT2D eigenvalue weighted by Gasteiger charge is 2.31. The Hall–Kier alpha value is -1.14. The van der Waals surface area contributed by atoms with Crippen molar-refractivity contribution in [1.82, 2.24) is 0 Å². The minimum absolute atomic E-state index is 0.000718. The summed E-state index contributed by atoms with van der Waals surface area (Å²) in [4.78, 5) is 22.2. The summed E-state index contributed by atoms with van der Waals surface area (Å²) in [7, 11) is 0. The van der Waals surface area contributed by atoms with E-state index in [1.54, 1.807) is 0 Å². The summed E-state index contributed by atoms with van der Waals surface area (Å²) in [5.74, 6) is -0.978. The van der Waals surface area contributed by atoms with Crippen LogP contribution in [0.1, 0.15) is 19.3 Å². The van der Waals surface area contributed by atoms with E-state index in [1.165, 1.54) is 0 Å². The Kier molecular flexibility index (Phi) is 3.43. The average molecular weight is 202 g/mol. The summed E-state index contributed by atoms with van der Waals surface area (Å²) in [6, 6.07) is 0. The molecule has 0 amide bonds. The summed E-state index contributed by atoms with van der Waals surface area (Å²) in [5, 5.41) is 0. The monoisotopic (exact) mass is 202 g/mol. The number of nitrogens with two attached hydrogens (primary N) is 2. The van der Waals surface area contributed by atoms with Crippen molar-refractivity contribution in [3.05, 3.63) is 0 Å². The first-order valence-electron chi connectivity index (χ1n) is 4.43. The van der Waals surface area contributed by atoms with Crippen LogP contribution in [0.3, 0.4) is 0 Å². The Bertz CT molecular complexity index is 239. The van der Waals surface area contributed by atoms with Crippen molar-refractivity contribution in [3.63, 3.8) is 0 Å². The zero-order chi connectivity index (χ0) is 10.6. The maximum Gasteiger partial charge on any atom is 0.341 e. The Morgan fingerprint density at radius 1 is 1.14 bits per heavy atom. The number of hydrogen-bond donors (Lipinski definition) is 2. The van der Waals surface area contributed by atoms with Crippen LogP contribution >= 0.6 is 0 Å². The Balaban J connectivity index is 2.56. The van der Waals surface area contributed by atoms with Crippen LogP contribution in [0.4, 0.5) is 0 Å². The van der Waals surface area contributed by atoms with Gasteiger partial charge in [0.1, 0.15) is 13.2 Å². The van der Waals surface area contributed by atoms with E-state index in [9.17, 15) is 9.59 Å². The molecule has 80 valence electrons. The highest BCUT2D eigenvalue weighted by atomic mass is 16.6. The summed E-state index contributed by atoms with van der Waals surface area (Å²) >= 11 is 0. The van der Waals surface area contributed by atoms with Crippen molar-refractivity contribution in [1.29, 1.82) is 0 Å². The number of cyclic esters (lactones) is 2. The van der Waals surface area contributed by atoms with Crippen molar-refractivity contribution in [2.24, 2.45) is 11.5 Å². The summed E-state index contributed by atoms with van der Waals surface area (Å²) in [5.41, 5.74) is 9.53. The van der Waals surface area contributed by atoms with Gasteiger partial charge in [0.15, 0.2) is 5.66 Å². The van der Waals surface area contributed by atoms with Crippen LogP contribution in [0.15, 0.2) is 0 Å². The molecule has 0 aliphatic carbocycles. The van der Waals surface area contributed by atoms with Gasteiger partial charge in [-0.2, -0.15) is 0 Å². The topological polar surface area (TPSA) is 105 Å². The zero-order valence-electron chi connectivity index (χ0n) is 7.82. The smallest absolute Gasteiger partial charge is 0.341 e.